The van der Waals surface area contributed by atoms with Crippen LogP contribution in [0.2, 0.25) is 0 Å². The minimum absolute atomic E-state index is 0.136. The zero-order valence-electron chi connectivity index (χ0n) is 17.8. The molecule has 0 radical (unpaired) electrons. The van der Waals surface area contributed by atoms with E-state index in [1.807, 2.05) is 92.7 Å². The van der Waals surface area contributed by atoms with E-state index in [1.165, 1.54) is 6.33 Å². The van der Waals surface area contributed by atoms with Gasteiger partial charge in [-0.15, -0.1) is 0 Å². The molecular weight excluding hydrogens is 402 g/mol. The van der Waals surface area contributed by atoms with E-state index in [0.717, 1.165) is 27.9 Å². The molecule has 2 N–H and O–H groups in total. The quantitative estimate of drug-likeness (QED) is 0.281. The highest BCUT2D eigenvalue weighted by Crippen LogP contribution is 2.35. The second-order valence-electron chi connectivity index (χ2n) is 7.58. The molecule has 0 saturated carbocycles. The molecule has 3 aromatic carbocycles. The van der Waals surface area contributed by atoms with Crippen LogP contribution in [0.1, 0.15) is 28.3 Å². The van der Waals surface area contributed by atoms with Gasteiger partial charge >= 0.3 is 5.69 Å². The van der Waals surface area contributed by atoms with Crippen LogP contribution in [0, 0.1) is 24.0 Å². The van der Waals surface area contributed by atoms with Crippen LogP contribution in [0.25, 0.3) is 0 Å². The smallest absolute Gasteiger partial charge is 0.353 e. The number of nitrogens with zero attached hydrogens (tertiary/aromatic N) is 3. The molecule has 0 amide bonds. The predicted octanol–water partition coefficient (Wildman–Crippen LogP) is 5.95. The van der Waals surface area contributed by atoms with Crippen LogP contribution in [0.15, 0.2) is 85.2 Å². The Morgan fingerprint density at radius 2 is 1.34 bits per heavy atom. The summed E-state index contributed by atoms with van der Waals surface area (Å²) >= 11 is 0. The monoisotopic (exact) mass is 425 g/mol. The van der Waals surface area contributed by atoms with Crippen molar-refractivity contribution in [3.05, 3.63) is 118 Å². The number of nitrogens with one attached hydrogen (secondary N) is 2. The first-order valence-electron chi connectivity index (χ1n) is 10.2. The molecule has 0 bridgehead atoms. The van der Waals surface area contributed by atoms with Crippen molar-refractivity contribution in [3.63, 3.8) is 0 Å². The molecule has 160 valence electrons. The molecule has 0 spiro atoms. The maximum absolute atomic E-state index is 12.1. The van der Waals surface area contributed by atoms with Crippen LogP contribution in [0.5, 0.6) is 0 Å². The fourth-order valence-electron chi connectivity index (χ4n) is 3.72. The van der Waals surface area contributed by atoms with Crippen molar-refractivity contribution in [1.82, 2.24) is 9.97 Å². The highest BCUT2D eigenvalue weighted by atomic mass is 16.6. The minimum atomic E-state index is -0.458. The van der Waals surface area contributed by atoms with Crippen LogP contribution in [0.3, 0.4) is 0 Å². The van der Waals surface area contributed by atoms with Crippen molar-refractivity contribution >= 4 is 23.0 Å². The summed E-state index contributed by atoms with van der Waals surface area (Å²) in [5, 5.41) is 18.4. The summed E-state index contributed by atoms with van der Waals surface area (Å²) in [6.07, 6.45) is 1.33. The summed E-state index contributed by atoms with van der Waals surface area (Å²) in [5.74, 6) is 0.284. The SMILES string of the molecule is Cc1cc(C)cc(Nc2ncnc(NC(c3ccccc3)c3ccccc3)c2[N+](=O)[O-])c1. The lowest BCUT2D eigenvalue weighted by Crippen LogP contribution is -2.15. The second kappa shape index (κ2) is 9.26. The van der Waals surface area contributed by atoms with Crippen LogP contribution in [-0.4, -0.2) is 14.9 Å². The van der Waals surface area contributed by atoms with E-state index in [-0.39, 0.29) is 23.4 Å². The number of nitro groups is 1. The Morgan fingerprint density at radius 1 is 0.812 bits per heavy atom. The lowest BCUT2D eigenvalue weighted by atomic mass is 9.99. The van der Waals surface area contributed by atoms with E-state index in [9.17, 15) is 10.1 Å². The average molecular weight is 425 g/mol. The van der Waals surface area contributed by atoms with Crippen molar-refractivity contribution in [2.24, 2.45) is 0 Å². The molecule has 0 aliphatic heterocycles. The van der Waals surface area contributed by atoms with E-state index >= 15 is 0 Å². The van der Waals surface area contributed by atoms with Gasteiger partial charge in [-0.2, -0.15) is 0 Å². The molecule has 0 aliphatic carbocycles. The third-order valence-electron chi connectivity index (χ3n) is 5.04. The first-order valence-corrected chi connectivity index (χ1v) is 10.2. The lowest BCUT2D eigenvalue weighted by molar-refractivity contribution is -0.383. The Morgan fingerprint density at radius 3 is 1.88 bits per heavy atom. The number of aromatic nitrogens is 2. The number of anilines is 3. The van der Waals surface area contributed by atoms with E-state index in [4.69, 9.17) is 0 Å². The zero-order valence-corrected chi connectivity index (χ0v) is 17.8. The molecule has 0 saturated heterocycles. The van der Waals surface area contributed by atoms with Gasteiger partial charge in [0.25, 0.3) is 0 Å². The van der Waals surface area contributed by atoms with Crippen LogP contribution in [-0.2, 0) is 0 Å². The first kappa shape index (κ1) is 21.0. The Balaban J connectivity index is 1.75. The molecule has 0 unspecified atom stereocenters. The Hall–Kier alpha value is -4.26. The number of benzene rings is 3. The summed E-state index contributed by atoms with van der Waals surface area (Å²) in [6, 6.07) is 25.1. The Labute approximate surface area is 186 Å². The van der Waals surface area contributed by atoms with Gasteiger partial charge in [0, 0.05) is 5.69 Å². The molecule has 1 aromatic heterocycles. The number of aryl methyl sites for hydroxylation is 2. The van der Waals surface area contributed by atoms with Crippen molar-refractivity contribution in [1.29, 1.82) is 0 Å². The van der Waals surface area contributed by atoms with Gasteiger partial charge in [0.1, 0.15) is 6.33 Å². The molecule has 0 atom stereocenters. The maximum atomic E-state index is 12.1. The number of hydrogen-bond acceptors (Lipinski definition) is 6. The third-order valence-corrected chi connectivity index (χ3v) is 5.04. The summed E-state index contributed by atoms with van der Waals surface area (Å²) in [4.78, 5) is 20.0. The molecule has 7 nitrogen and oxygen atoms in total. The Kier molecular flexibility index (Phi) is 6.07. The highest BCUT2D eigenvalue weighted by Gasteiger charge is 2.26. The van der Waals surface area contributed by atoms with Gasteiger partial charge in [-0.05, 0) is 48.2 Å². The highest BCUT2D eigenvalue weighted by molar-refractivity contribution is 5.74. The summed E-state index contributed by atoms with van der Waals surface area (Å²) in [5.41, 5.74) is 4.57. The van der Waals surface area contributed by atoms with Gasteiger partial charge in [-0.1, -0.05) is 66.7 Å². The van der Waals surface area contributed by atoms with Crippen molar-refractivity contribution in [2.75, 3.05) is 10.6 Å². The molecule has 0 aliphatic rings. The van der Waals surface area contributed by atoms with Crippen LogP contribution in [0.4, 0.5) is 23.0 Å². The maximum Gasteiger partial charge on any atom is 0.353 e. The van der Waals surface area contributed by atoms with Crippen molar-refractivity contribution < 1.29 is 4.92 Å². The zero-order chi connectivity index (χ0) is 22.5. The fourth-order valence-corrected chi connectivity index (χ4v) is 3.72. The molecule has 32 heavy (non-hydrogen) atoms. The summed E-state index contributed by atoms with van der Waals surface area (Å²) in [6.45, 7) is 3.95. The third kappa shape index (κ3) is 4.73. The molecule has 7 heteroatoms. The molecule has 4 rings (SSSR count). The van der Waals surface area contributed by atoms with Gasteiger partial charge < -0.3 is 10.6 Å². The van der Waals surface area contributed by atoms with Crippen molar-refractivity contribution in [3.8, 4) is 0 Å². The van der Waals surface area contributed by atoms with E-state index in [2.05, 4.69) is 20.6 Å². The number of rotatable bonds is 7. The molecule has 4 aromatic rings. The lowest BCUT2D eigenvalue weighted by Gasteiger charge is -2.20. The normalized spacial score (nSPS) is 10.7. The van der Waals surface area contributed by atoms with E-state index in [0.29, 0.717) is 0 Å². The molecule has 0 fully saturated rings. The summed E-state index contributed by atoms with van der Waals surface area (Å²) in [7, 11) is 0. The standard InChI is InChI=1S/C25H23N5O2/c1-17-13-18(2)15-21(14-17)28-24-23(30(31)32)25(27-16-26-24)29-22(19-9-5-3-6-10-19)20-11-7-4-8-12-20/h3-16,22H,1-2H3,(H2,26,27,28,29). The van der Waals surface area contributed by atoms with Crippen LogP contribution < -0.4 is 10.6 Å². The fraction of sp³-hybridized carbons (Fsp3) is 0.120. The molecule has 1 heterocycles. The topological polar surface area (TPSA) is 93.0 Å². The largest absolute Gasteiger partial charge is 0.353 e. The van der Waals surface area contributed by atoms with E-state index < -0.39 is 4.92 Å². The van der Waals surface area contributed by atoms with Crippen LogP contribution >= 0.6 is 0 Å². The van der Waals surface area contributed by atoms with Gasteiger partial charge in [0.15, 0.2) is 0 Å². The second-order valence-corrected chi connectivity index (χ2v) is 7.58. The number of hydrogen-bond donors (Lipinski definition) is 2. The van der Waals surface area contributed by atoms with Gasteiger partial charge in [-0.25, -0.2) is 9.97 Å². The first-order chi connectivity index (χ1) is 15.5. The van der Waals surface area contributed by atoms with Gasteiger partial charge in [-0.3, -0.25) is 10.1 Å². The van der Waals surface area contributed by atoms with E-state index in [1.54, 1.807) is 0 Å². The van der Waals surface area contributed by atoms with Crippen molar-refractivity contribution in [2.45, 2.75) is 19.9 Å². The Bertz CT molecular complexity index is 1170. The average Bonchev–Trinajstić information content (AvgIpc) is 2.78. The van der Waals surface area contributed by atoms with Gasteiger partial charge in [0.2, 0.25) is 11.6 Å². The predicted molar refractivity (Wildman–Crippen MR) is 126 cm³/mol. The summed E-state index contributed by atoms with van der Waals surface area (Å²) < 4.78 is 0. The molecular formula is C25H23N5O2. The minimum Gasteiger partial charge on any atom is -0.353 e. The van der Waals surface area contributed by atoms with Gasteiger partial charge in [0.05, 0.1) is 11.0 Å².